The first-order valence-corrected chi connectivity index (χ1v) is 8.14. The molecule has 2 amide bonds. The Hall–Kier alpha value is -0.730. The third-order valence-corrected chi connectivity index (χ3v) is 4.76. The third-order valence-electron chi connectivity index (χ3n) is 4.76. The van der Waals surface area contributed by atoms with Gasteiger partial charge in [-0.3, -0.25) is 0 Å². The maximum atomic E-state index is 12.2. The van der Waals surface area contributed by atoms with Gasteiger partial charge in [-0.1, -0.05) is 26.7 Å². The number of hydrogen-bond acceptors (Lipinski definition) is 1. The molecule has 0 radical (unpaired) electrons. The molecule has 19 heavy (non-hydrogen) atoms. The van der Waals surface area contributed by atoms with Gasteiger partial charge in [0.05, 0.1) is 0 Å². The van der Waals surface area contributed by atoms with Gasteiger partial charge in [0, 0.05) is 19.6 Å². The van der Waals surface area contributed by atoms with Gasteiger partial charge in [0.1, 0.15) is 0 Å². The zero-order valence-electron chi connectivity index (χ0n) is 12.7. The van der Waals surface area contributed by atoms with Crippen molar-refractivity contribution in [3.8, 4) is 0 Å². The van der Waals surface area contributed by atoms with Crippen molar-refractivity contribution < 1.29 is 4.79 Å². The molecule has 0 aromatic rings. The molecule has 0 unspecified atom stereocenters. The van der Waals surface area contributed by atoms with E-state index >= 15 is 0 Å². The summed E-state index contributed by atoms with van der Waals surface area (Å²) in [6, 6.07) is 0.176. The van der Waals surface area contributed by atoms with Gasteiger partial charge in [0.2, 0.25) is 0 Å². The molecule has 1 aliphatic carbocycles. The van der Waals surface area contributed by atoms with Crippen molar-refractivity contribution in [1.82, 2.24) is 10.2 Å². The van der Waals surface area contributed by atoms with E-state index in [0.29, 0.717) is 5.41 Å². The average molecular weight is 266 g/mol. The van der Waals surface area contributed by atoms with Crippen LogP contribution < -0.4 is 5.32 Å². The fraction of sp³-hybridized carbons (Fsp3) is 0.938. The Morgan fingerprint density at radius 3 is 2.32 bits per heavy atom. The predicted octanol–water partition coefficient (Wildman–Crippen LogP) is 3.79. The van der Waals surface area contributed by atoms with Crippen LogP contribution in [0.15, 0.2) is 0 Å². The number of rotatable bonds is 4. The number of nitrogens with zero attached hydrogens (tertiary/aromatic N) is 1. The number of carbonyl (C=O) groups excluding carboxylic acids is 1. The Labute approximate surface area is 118 Å². The van der Waals surface area contributed by atoms with Crippen LogP contribution in [-0.2, 0) is 0 Å². The number of carbonyl (C=O) groups is 1. The molecule has 0 bridgehead atoms. The molecule has 0 spiro atoms. The van der Waals surface area contributed by atoms with Crippen molar-refractivity contribution in [3.05, 3.63) is 0 Å². The van der Waals surface area contributed by atoms with E-state index in [4.69, 9.17) is 0 Å². The minimum Gasteiger partial charge on any atom is -0.337 e. The van der Waals surface area contributed by atoms with E-state index in [2.05, 4.69) is 19.2 Å². The van der Waals surface area contributed by atoms with Crippen molar-refractivity contribution in [2.75, 3.05) is 19.6 Å². The van der Waals surface area contributed by atoms with Crippen LogP contribution in [0.1, 0.15) is 65.2 Å². The maximum Gasteiger partial charge on any atom is 0.317 e. The van der Waals surface area contributed by atoms with E-state index in [1.165, 1.54) is 51.4 Å². The molecule has 1 aliphatic heterocycles. The first-order valence-electron chi connectivity index (χ1n) is 8.14. The highest BCUT2D eigenvalue weighted by molar-refractivity contribution is 5.74. The van der Waals surface area contributed by atoms with Crippen molar-refractivity contribution in [3.63, 3.8) is 0 Å². The number of urea groups is 1. The van der Waals surface area contributed by atoms with Crippen LogP contribution in [0.4, 0.5) is 4.79 Å². The fourth-order valence-corrected chi connectivity index (χ4v) is 3.92. The molecule has 110 valence electrons. The van der Waals surface area contributed by atoms with Gasteiger partial charge < -0.3 is 10.2 Å². The zero-order valence-corrected chi connectivity index (χ0v) is 12.7. The molecular formula is C16H30N2O. The van der Waals surface area contributed by atoms with Crippen LogP contribution in [0, 0.1) is 11.3 Å². The van der Waals surface area contributed by atoms with Crippen LogP contribution in [0.5, 0.6) is 0 Å². The molecule has 3 nitrogen and oxygen atoms in total. The highest BCUT2D eigenvalue weighted by Crippen LogP contribution is 2.42. The van der Waals surface area contributed by atoms with Crippen molar-refractivity contribution in [1.29, 1.82) is 0 Å². The molecule has 0 aromatic carbocycles. The molecule has 1 N–H and O–H groups in total. The minimum absolute atomic E-state index is 0.176. The summed E-state index contributed by atoms with van der Waals surface area (Å²) in [5, 5.41) is 3.23. The number of hydrogen-bond donors (Lipinski definition) is 1. The molecule has 2 fully saturated rings. The molecular weight excluding hydrogens is 236 g/mol. The highest BCUT2D eigenvalue weighted by atomic mass is 16.2. The van der Waals surface area contributed by atoms with Gasteiger partial charge in [0.25, 0.3) is 0 Å². The summed E-state index contributed by atoms with van der Waals surface area (Å²) in [5.41, 5.74) is 0.389. The van der Waals surface area contributed by atoms with E-state index in [1.54, 1.807) is 0 Å². The molecule has 1 heterocycles. The zero-order chi connectivity index (χ0) is 13.7. The van der Waals surface area contributed by atoms with Gasteiger partial charge in [0.15, 0.2) is 0 Å². The lowest BCUT2D eigenvalue weighted by Crippen LogP contribution is -2.46. The summed E-state index contributed by atoms with van der Waals surface area (Å²) in [6.07, 6.45) is 10.2. The van der Waals surface area contributed by atoms with Crippen molar-refractivity contribution in [2.45, 2.75) is 65.2 Å². The van der Waals surface area contributed by atoms with Crippen LogP contribution in [0.25, 0.3) is 0 Å². The SMILES string of the molecule is CC(C)CC1(CNC(=O)N2CCCCC2)CCCC1. The summed E-state index contributed by atoms with van der Waals surface area (Å²) >= 11 is 0. The second-order valence-electron chi connectivity index (χ2n) is 7.01. The first kappa shape index (κ1) is 14.7. The monoisotopic (exact) mass is 266 g/mol. The van der Waals surface area contributed by atoms with Gasteiger partial charge in [-0.15, -0.1) is 0 Å². The lowest BCUT2D eigenvalue weighted by Gasteiger charge is -2.33. The van der Waals surface area contributed by atoms with Gasteiger partial charge in [-0.25, -0.2) is 4.79 Å². The fourth-order valence-electron chi connectivity index (χ4n) is 3.92. The smallest absolute Gasteiger partial charge is 0.317 e. The molecule has 1 saturated carbocycles. The number of nitrogens with one attached hydrogen (secondary N) is 1. The minimum atomic E-state index is 0.176. The maximum absolute atomic E-state index is 12.2. The normalized spacial score (nSPS) is 22.8. The third kappa shape index (κ3) is 4.12. The van der Waals surface area contributed by atoms with E-state index in [-0.39, 0.29) is 6.03 Å². The summed E-state index contributed by atoms with van der Waals surface area (Å²) in [7, 11) is 0. The Kier molecular flexibility index (Phi) is 5.12. The molecule has 0 aromatic heterocycles. The Bertz CT molecular complexity index is 289. The van der Waals surface area contributed by atoms with Crippen molar-refractivity contribution in [2.24, 2.45) is 11.3 Å². The van der Waals surface area contributed by atoms with Crippen LogP contribution in [-0.4, -0.2) is 30.6 Å². The average Bonchev–Trinajstić information content (AvgIpc) is 2.85. The topological polar surface area (TPSA) is 32.3 Å². The first-order chi connectivity index (χ1) is 9.11. The summed E-state index contributed by atoms with van der Waals surface area (Å²) in [6.45, 7) is 7.38. The summed E-state index contributed by atoms with van der Waals surface area (Å²) in [4.78, 5) is 14.2. The Morgan fingerprint density at radius 2 is 1.74 bits per heavy atom. The van der Waals surface area contributed by atoms with Crippen LogP contribution in [0.3, 0.4) is 0 Å². The molecule has 2 aliphatic rings. The van der Waals surface area contributed by atoms with Gasteiger partial charge in [-0.05, 0) is 49.9 Å². The Morgan fingerprint density at radius 1 is 1.11 bits per heavy atom. The van der Waals surface area contributed by atoms with Crippen LogP contribution >= 0.6 is 0 Å². The van der Waals surface area contributed by atoms with E-state index in [9.17, 15) is 4.79 Å². The highest BCUT2D eigenvalue weighted by Gasteiger charge is 2.35. The van der Waals surface area contributed by atoms with E-state index in [1.807, 2.05) is 4.90 Å². The lowest BCUT2D eigenvalue weighted by molar-refractivity contribution is 0.171. The summed E-state index contributed by atoms with van der Waals surface area (Å²) in [5.74, 6) is 0.727. The van der Waals surface area contributed by atoms with Crippen LogP contribution in [0.2, 0.25) is 0 Å². The molecule has 2 rings (SSSR count). The second-order valence-corrected chi connectivity index (χ2v) is 7.01. The molecule has 0 atom stereocenters. The standard InChI is InChI=1S/C16H30N2O/c1-14(2)12-16(8-4-5-9-16)13-17-15(19)18-10-6-3-7-11-18/h14H,3-13H2,1-2H3,(H,17,19). The predicted molar refractivity (Wildman–Crippen MR) is 79.2 cm³/mol. The summed E-state index contributed by atoms with van der Waals surface area (Å²) < 4.78 is 0. The Balaban J connectivity index is 1.82. The molecule has 1 saturated heterocycles. The molecule has 3 heteroatoms. The van der Waals surface area contributed by atoms with Crippen molar-refractivity contribution >= 4 is 6.03 Å². The number of piperidine rings is 1. The van der Waals surface area contributed by atoms with E-state index in [0.717, 1.165) is 25.6 Å². The lowest BCUT2D eigenvalue weighted by atomic mass is 9.78. The van der Waals surface area contributed by atoms with Gasteiger partial charge in [-0.2, -0.15) is 0 Å². The quantitative estimate of drug-likeness (QED) is 0.825. The largest absolute Gasteiger partial charge is 0.337 e. The second kappa shape index (κ2) is 6.62. The van der Waals surface area contributed by atoms with Gasteiger partial charge >= 0.3 is 6.03 Å². The number of likely N-dealkylation sites (tertiary alicyclic amines) is 1. The van der Waals surface area contributed by atoms with E-state index < -0.39 is 0 Å². The number of amides is 2.